The molecule has 1 aliphatic rings. The van der Waals surface area contributed by atoms with E-state index in [1.807, 2.05) is 48.6 Å². The van der Waals surface area contributed by atoms with Crippen LogP contribution in [0.25, 0.3) is 11.3 Å². The van der Waals surface area contributed by atoms with Crippen molar-refractivity contribution < 1.29 is 87.6 Å². The molecular formula is C35H30ClN4Na2O6P. The molecule has 14 heteroatoms. The molecule has 0 saturated heterocycles. The smallest absolute Gasteiger partial charge is 0.780 e. The van der Waals surface area contributed by atoms with Crippen molar-refractivity contribution >= 4 is 42.6 Å². The van der Waals surface area contributed by atoms with Gasteiger partial charge in [0.25, 0.3) is 11.8 Å². The average Bonchev–Trinajstić information content (AvgIpc) is 3.34. The summed E-state index contributed by atoms with van der Waals surface area (Å²) in [5.74, 6) is -0.697. The number of anilines is 2. The molecule has 0 aliphatic carbocycles. The molecule has 49 heavy (non-hydrogen) atoms. The minimum absolute atomic E-state index is 0. The van der Waals surface area contributed by atoms with Crippen LogP contribution in [-0.4, -0.2) is 32.3 Å². The van der Waals surface area contributed by atoms with E-state index >= 15 is 0 Å². The second kappa shape index (κ2) is 16.1. The Morgan fingerprint density at radius 2 is 1.55 bits per heavy atom. The molecule has 5 aromatic rings. The normalized spacial score (nSPS) is 13.8. The molecule has 2 amide bonds. The van der Waals surface area contributed by atoms with Gasteiger partial charge >= 0.3 is 59.1 Å². The van der Waals surface area contributed by atoms with E-state index in [1.54, 1.807) is 48.8 Å². The predicted molar refractivity (Wildman–Crippen MR) is 175 cm³/mol. The molecule has 1 atom stereocenters. The first-order valence-electron chi connectivity index (χ1n) is 14.8. The molecule has 1 aliphatic heterocycles. The zero-order valence-corrected chi connectivity index (χ0v) is 33.4. The summed E-state index contributed by atoms with van der Waals surface area (Å²) in [6, 6.07) is 23.9. The summed E-state index contributed by atoms with van der Waals surface area (Å²) >= 11 is 6.50. The zero-order valence-electron chi connectivity index (χ0n) is 27.8. The monoisotopic (exact) mass is 714 g/mol. The second-order valence-corrected chi connectivity index (χ2v) is 12.9. The van der Waals surface area contributed by atoms with Crippen molar-refractivity contribution in [2.24, 2.45) is 7.05 Å². The molecule has 10 nitrogen and oxygen atoms in total. The van der Waals surface area contributed by atoms with Gasteiger partial charge in [-0.25, -0.2) is 0 Å². The fourth-order valence-electron chi connectivity index (χ4n) is 5.98. The van der Waals surface area contributed by atoms with Gasteiger partial charge in [0.05, 0.1) is 11.3 Å². The topological polar surface area (TPSA) is 131 Å². The predicted octanol–water partition coefficient (Wildman–Crippen LogP) is -0.170. The van der Waals surface area contributed by atoms with Crippen molar-refractivity contribution in [3.63, 3.8) is 0 Å². The van der Waals surface area contributed by atoms with Gasteiger partial charge in [-0.1, -0.05) is 35.9 Å². The number of halogens is 1. The Labute approximate surface area is 333 Å². The summed E-state index contributed by atoms with van der Waals surface area (Å²) in [4.78, 5) is 58.2. The number of rotatable bonds is 7. The maximum absolute atomic E-state index is 14.4. The number of hydrogen-bond donors (Lipinski definition) is 0. The Morgan fingerprint density at radius 3 is 2.20 bits per heavy atom. The molecule has 3 aromatic carbocycles. The minimum Gasteiger partial charge on any atom is -0.780 e. The van der Waals surface area contributed by atoms with Crippen LogP contribution in [0.5, 0.6) is 5.75 Å². The van der Waals surface area contributed by atoms with Crippen LogP contribution >= 0.6 is 19.4 Å². The van der Waals surface area contributed by atoms with E-state index in [-0.39, 0.29) is 76.8 Å². The number of carbonyl (C=O) groups is 2. The SMILES string of the molecule is Cc1c(C(=O)N(c2ccncc2)c2ccc(OP(=O)([O-])[O-])cc2)cc(-c2cc(Cl)ccc2C(=O)N2Cc3ccccc3C[C@H]2C)n1C.[Na+].[Na+]. The van der Waals surface area contributed by atoms with Crippen LogP contribution in [0.3, 0.4) is 0 Å². The van der Waals surface area contributed by atoms with Crippen molar-refractivity contribution in [3.05, 3.63) is 130 Å². The minimum atomic E-state index is -5.26. The van der Waals surface area contributed by atoms with Crippen LogP contribution in [0.4, 0.5) is 11.4 Å². The Morgan fingerprint density at radius 1 is 0.918 bits per heavy atom. The van der Waals surface area contributed by atoms with Crippen LogP contribution in [0, 0.1) is 6.92 Å². The Hall–Kier alpha value is -2.73. The van der Waals surface area contributed by atoms with Gasteiger partial charge in [-0.3, -0.25) is 19.5 Å². The fourth-order valence-corrected chi connectivity index (χ4v) is 6.53. The van der Waals surface area contributed by atoms with Gasteiger partial charge in [0.2, 0.25) is 0 Å². The van der Waals surface area contributed by atoms with Gasteiger partial charge in [0.1, 0.15) is 13.6 Å². The van der Waals surface area contributed by atoms with Crippen molar-refractivity contribution in [1.82, 2.24) is 14.5 Å². The number of benzene rings is 3. The number of fused-ring (bicyclic) bond motifs is 1. The summed E-state index contributed by atoms with van der Waals surface area (Å²) in [5, 5.41) is 0.446. The van der Waals surface area contributed by atoms with Crippen molar-refractivity contribution in [2.45, 2.75) is 32.9 Å². The second-order valence-electron chi connectivity index (χ2n) is 11.4. The third-order valence-electron chi connectivity index (χ3n) is 8.46. The van der Waals surface area contributed by atoms with Crippen LogP contribution in [-0.2, 0) is 24.6 Å². The number of aromatic nitrogens is 2. The Kier molecular flexibility index (Phi) is 12.8. The Balaban J connectivity index is 0.00000270. The summed E-state index contributed by atoms with van der Waals surface area (Å²) in [5.41, 5.74) is 5.93. The number of nitrogens with zero attached hydrogens (tertiary/aromatic N) is 4. The van der Waals surface area contributed by atoms with Crippen molar-refractivity contribution in [1.29, 1.82) is 0 Å². The molecule has 0 bridgehead atoms. The largest absolute Gasteiger partial charge is 1.00 e. The first-order valence-corrected chi connectivity index (χ1v) is 16.7. The summed E-state index contributed by atoms with van der Waals surface area (Å²) in [7, 11) is -3.44. The fraction of sp³-hybridized carbons (Fsp3) is 0.171. The molecule has 0 saturated carbocycles. The molecule has 240 valence electrons. The molecule has 0 spiro atoms. The van der Waals surface area contributed by atoms with Gasteiger partial charge in [0, 0.05) is 65.3 Å². The van der Waals surface area contributed by atoms with Crippen LogP contribution in [0.15, 0.2) is 97.3 Å². The van der Waals surface area contributed by atoms with E-state index in [4.69, 9.17) is 11.6 Å². The van der Waals surface area contributed by atoms with E-state index in [2.05, 4.69) is 15.6 Å². The van der Waals surface area contributed by atoms with Gasteiger partial charge < -0.3 is 28.3 Å². The third kappa shape index (κ3) is 8.43. The molecule has 0 fully saturated rings. The van der Waals surface area contributed by atoms with E-state index < -0.39 is 13.7 Å². The molecule has 0 radical (unpaired) electrons. The molecule has 0 N–H and O–H groups in total. The number of pyridine rings is 1. The number of phosphoric acid groups is 1. The number of amides is 2. The maximum atomic E-state index is 14.4. The summed E-state index contributed by atoms with van der Waals surface area (Å²) in [6.45, 7) is 4.34. The van der Waals surface area contributed by atoms with Gasteiger partial charge in [-0.2, -0.15) is 0 Å². The number of hydrogen-bond acceptors (Lipinski definition) is 7. The number of carbonyl (C=O) groups excluding carboxylic acids is 2. The quantitative estimate of drug-likeness (QED) is 0.169. The molecule has 3 heterocycles. The zero-order chi connectivity index (χ0) is 33.5. The summed E-state index contributed by atoms with van der Waals surface area (Å²) in [6.07, 6.45) is 3.84. The van der Waals surface area contributed by atoms with Crippen LogP contribution in [0.1, 0.15) is 44.5 Å². The van der Waals surface area contributed by atoms with E-state index in [0.717, 1.165) is 12.0 Å². The standard InChI is InChI=1S/C35H32ClN4O6P.2Na/c1-22-18-24-6-4-5-7-25(24)21-39(22)34(41)30-13-8-26(36)19-32(30)33-20-31(23(2)38(33)3)35(42)40(28-14-16-37-17-15-28)27-9-11-29(12-10-27)46-47(43,44)45;;/h4-17,19-20,22H,18,21H2,1-3H3,(H2,43,44,45);;/q;2*+1/p-2/t22-;;/m1../s1. The molecule has 2 aromatic heterocycles. The number of phosphoric ester groups is 1. The molecular weight excluding hydrogens is 685 g/mol. The first-order chi connectivity index (χ1) is 22.4. The van der Waals surface area contributed by atoms with Gasteiger partial charge in [-0.15, -0.1) is 0 Å². The third-order valence-corrected chi connectivity index (χ3v) is 9.13. The van der Waals surface area contributed by atoms with Crippen molar-refractivity contribution in [3.8, 4) is 17.0 Å². The van der Waals surface area contributed by atoms with Crippen LogP contribution in [0.2, 0.25) is 5.02 Å². The average molecular weight is 715 g/mol. The Bertz CT molecular complexity index is 2040. The van der Waals surface area contributed by atoms with E-state index in [0.29, 0.717) is 51.0 Å². The molecule has 0 unspecified atom stereocenters. The van der Waals surface area contributed by atoms with Gasteiger partial charge in [-0.05, 0) is 92.1 Å². The van der Waals surface area contributed by atoms with Gasteiger partial charge in [0.15, 0.2) is 0 Å². The van der Waals surface area contributed by atoms with E-state index in [9.17, 15) is 23.9 Å². The van der Waals surface area contributed by atoms with E-state index in [1.165, 1.54) is 34.7 Å². The maximum Gasteiger partial charge on any atom is 1.00 e. The van der Waals surface area contributed by atoms with Crippen LogP contribution < -0.4 is 78.3 Å². The summed E-state index contributed by atoms with van der Waals surface area (Å²) < 4.78 is 17.4. The molecule has 6 rings (SSSR count). The first kappa shape index (κ1) is 39.1. The van der Waals surface area contributed by atoms with Crippen molar-refractivity contribution in [2.75, 3.05) is 4.90 Å².